The number of hydrogen-bond donors (Lipinski definition) is 2. The van der Waals surface area contributed by atoms with Gasteiger partial charge in [0, 0.05) is 0 Å². The zero-order chi connectivity index (χ0) is 14.3. The van der Waals surface area contributed by atoms with Gasteiger partial charge in [0.05, 0.1) is 25.5 Å². The van der Waals surface area contributed by atoms with E-state index in [9.17, 15) is 4.79 Å². The third kappa shape index (κ3) is 3.94. The van der Waals surface area contributed by atoms with Gasteiger partial charge in [-0.15, -0.1) is 0 Å². The highest BCUT2D eigenvalue weighted by Gasteiger charge is 2.18. The molecular weight excluding hydrogens is 250 g/mol. The summed E-state index contributed by atoms with van der Waals surface area (Å²) in [6.07, 6.45) is -1.16. The molecule has 19 heavy (non-hydrogen) atoms. The lowest BCUT2D eigenvalue weighted by atomic mass is 10.2. The second kappa shape index (κ2) is 7.35. The Balaban J connectivity index is 3.25. The van der Waals surface area contributed by atoms with Crippen LogP contribution in [0.4, 0.5) is 10.5 Å². The normalized spacial score (nSPS) is 9.84. The minimum atomic E-state index is -1.16. The average Bonchev–Trinajstić information content (AvgIpc) is 2.36. The first-order valence-corrected chi connectivity index (χ1v) is 6.19. The summed E-state index contributed by atoms with van der Waals surface area (Å²) in [5.41, 5.74) is 0.334. The van der Waals surface area contributed by atoms with Crippen molar-refractivity contribution in [3.8, 4) is 17.2 Å². The van der Waals surface area contributed by atoms with Gasteiger partial charge in [-0.3, -0.25) is 5.32 Å². The number of hydrogen-bond acceptors (Lipinski definition) is 4. The Hall–Kier alpha value is -2.11. The van der Waals surface area contributed by atoms with Crippen LogP contribution in [0.25, 0.3) is 0 Å². The number of carbonyl (C=O) groups is 1. The van der Waals surface area contributed by atoms with E-state index in [1.165, 1.54) is 0 Å². The van der Waals surface area contributed by atoms with Gasteiger partial charge in [-0.25, -0.2) is 4.79 Å². The Labute approximate surface area is 112 Å². The predicted molar refractivity (Wildman–Crippen MR) is 71.6 cm³/mol. The minimum absolute atomic E-state index is 0.334. The number of carboxylic acid groups (broad SMARTS) is 1. The van der Waals surface area contributed by atoms with Crippen LogP contribution in [0.2, 0.25) is 0 Å². The van der Waals surface area contributed by atoms with Crippen LogP contribution in [0.1, 0.15) is 20.8 Å². The Kier molecular flexibility index (Phi) is 5.78. The number of benzene rings is 1. The first kappa shape index (κ1) is 14.9. The first-order chi connectivity index (χ1) is 9.13. The van der Waals surface area contributed by atoms with Gasteiger partial charge >= 0.3 is 6.09 Å². The van der Waals surface area contributed by atoms with Crippen molar-refractivity contribution in [1.29, 1.82) is 0 Å². The van der Waals surface area contributed by atoms with E-state index in [1.807, 2.05) is 20.8 Å². The van der Waals surface area contributed by atoms with Crippen molar-refractivity contribution < 1.29 is 24.1 Å². The number of anilines is 1. The fourth-order valence-electron chi connectivity index (χ4n) is 1.60. The van der Waals surface area contributed by atoms with Crippen LogP contribution in [0.5, 0.6) is 17.2 Å². The molecule has 0 saturated heterocycles. The Bertz CT molecular complexity index is 433. The average molecular weight is 269 g/mol. The van der Waals surface area contributed by atoms with Gasteiger partial charge in [0.2, 0.25) is 5.75 Å². The van der Waals surface area contributed by atoms with Crippen molar-refractivity contribution >= 4 is 11.8 Å². The number of amides is 1. The number of nitrogens with one attached hydrogen (secondary N) is 1. The molecule has 0 radical (unpaired) electrons. The molecule has 2 N–H and O–H groups in total. The molecule has 1 aromatic carbocycles. The summed E-state index contributed by atoms with van der Waals surface area (Å²) in [6, 6.07) is 3.24. The van der Waals surface area contributed by atoms with Gasteiger partial charge in [-0.05, 0) is 32.9 Å². The molecule has 106 valence electrons. The smallest absolute Gasteiger partial charge is 0.409 e. The molecule has 1 amide bonds. The van der Waals surface area contributed by atoms with E-state index < -0.39 is 6.09 Å². The molecule has 0 saturated carbocycles. The van der Waals surface area contributed by atoms with E-state index in [2.05, 4.69) is 5.32 Å². The summed E-state index contributed by atoms with van der Waals surface area (Å²) >= 11 is 0. The minimum Gasteiger partial charge on any atom is -0.490 e. The topological polar surface area (TPSA) is 77.0 Å². The molecule has 0 aliphatic heterocycles. The fourth-order valence-corrected chi connectivity index (χ4v) is 1.60. The van der Waals surface area contributed by atoms with Gasteiger partial charge < -0.3 is 19.3 Å². The fraction of sp³-hybridized carbons (Fsp3) is 0.462. The van der Waals surface area contributed by atoms with Crippen LogP contribution in [0, 0.1) is 0 Å². The Morgan fingerprint density at radius 1 is 1.05 bits per heavy atom. The van der Waals surface area contributed by atoms with Crippen molar-refractivity contribution in [2.45, 2.75) is 20.8 Å². The standard InChI is InChI=1S/C13H19NO5/c1-4-17-10-8-7-9(14-13(15)16)11(18-5-2)12(10)19-6-3/h7-8,14H,4-6H2,1-3H3,(H,15,16). The van der Waals surface area contributed by atoms with E-state index in [0.717, 1.165) is 0 Å². The lowest BCUT2D eigenvalue weighted by Gasteiger charge is -2.18. The van der Waals surface area contributed by atoms with E-state index in [1.54, 1.807) is 12.1 Å². The second-order valence-electron chi connectivity index (χ2n) is 3.50. The Morgan fingerprint density at radius 3 is 2.16 bits per heavy atom. The second-order valence-corrected chi connectivity index (χ2v) is 3.50. The van der Waals surface area contributed by atoms with E-state index >= 15 is 0 Å². The molecule has 0 aliphatic rings. The van der Waals surface area contributed by atoms with Gasteiger partial charge in [0.1, 0.15) is 0 Å². The third-order valence-electron chi connectivity index (χ3n) is 2.19. The SMILES string of the molecule is CCOc1ccc(NC(=O)O)c(OCC)c1OCC. The Morgan fingerprint density at radius 2 is 1.63 bits per heavy atom. The monoisotopic (exact) mass is 269 g/mol. The quantitative estimate of drug-likeness (QED) is 0.795. The van der Waals surface area contributed by atoms with Crippen molar-refractivity contribution in [1.82, 2.24) is 0 Å². The predicted octanol–water partition coefficient (Wildman–Crippen LogP) is 2.97. The summed E-state index contributed by atoms with van der Waals surface area (Å²) in [6.45, 7) is 6.81. The van der Waals surface area contributed by atoms with Gasteiger partial charge in [-0.2, -0.15) is 0 Å². The van der Waals surface area contributed by atoms with Crippen molar-refractivity contribution in [2.75, 3.05) is 25.1 Å². The molecule has 0 fully saturated rings. The molecule has 0 spiro atoms. The van der Waals surface area contributed by atoms with Crippen LogP contribution in [0.3, 0.4) is 0 Å². The van der Waals surface area contributed by atoms with Crippen molar-refractivity contribution in [3.05, 3.63) is 12.1 Å². The van der Waals surface area contributed by atoms with Crippen LogP contribution in [-0.2, 0) is 0 Å². The van der Waals surface area contributed by atoms with E-state index in [4.69, 9.17) is 19.3 Å². The molecule has 1 rings (SSSR count). The van der Waals surface area contributed by atoms with Gasteiger partial charge in [0.15, 0.2) is 11.5 Å². The molecule has 0 bridgehead atoms. The molecule has 1 aromatic rings. The van der Waals surface area contributed by atoms with Crippen LogP contribution in [0.15, 0.2) is 12.1 Å². The summed E-state index contributed by atoms with van der Waals surface area (Å²) in [4.78, 5) is 10.8. The van der Waals surface area contributed by atoms with E-state index in [-0.39, 0.29) is 0 Å². The summed E-state index contributed by atoms with van der Waals surface area (Å²) in [5.74, 6) is 1.29. The van der Waals surface area contributed by atoms with Crippen LogP contribution in [-0.4, -0.2) is 31.0 Å². The molecule has 0 unspecified atom stereocenters. The summed E-state index contributed by atoms with van der Waals surface area (Å²) in [7, 11) is 0. The van der Waals surface area contributed by atoms with Gasteiger partial charge in [-0.1, -0.05) is 0 Å². The van der Waals surface area contributed by atoms with Crippen molar-refractivity contribution in [3.63, 3.8) is 0 Å². The maximum Gasteiger partial charge on any atom is 0.409 e. The molecule has 0 atom stereocenters. The van der Waals surface area contributed by atoms with Crippen LogP contribution >= 0.6 is 0 Å². The zero-order valence-corrected chi connectivity index (χ0v) is 11.4. The maximum atomic E-state index is 10.8. The van der Waals surface area contributed by atoms with Crippen LogP contribution < -0.4 is 19.5 Å². The summed E-state index contributed by atoms with van der Waals surface area (Å²) in [5, 5.41) is 11.1. The van der Waals surface area contributed by atoms with Crippen molar-refractivity contribution in [2.24, 2.45) is 0 Å². The lowest BCUT2D eigenvalue weighted by molar-refractivity contribution is 0.209. The molecule has 0 aliphatic carbocycles. The molecular formula is C13H19NO5. The number of ether oxygens (including phenoxy) is 3. The number of rotatable bonds is 7. The van der Waals surface area contributed by atoms with Gasteiger partial charge in [0.25, 0.3) is 0 Å². The molecule has 6 nitrogen and oxygen atoms in total. The zero-order valence-electron chi connectivity index (χ0n) is 11.4. The first-order valence-electron chi connectivity index (χ1n) is 6.19. The molecule has 0 heterocycles. The van der Waals surface area contributed by atoms with E-state index in [0.29, 0.717) is 42.8 Å². The summed E-state index contributed by atoms with van der Waals surface area (Å²) < 4.78 is 16.4. The lowest BCUT2D eigenvalue weighted by Crippen LogP contribution is -2.11. The largest absolute Gasteiger partial charge is 0.490 e. The highest BCUT2D eigenvalue weighted by molar-refractivity contribution is 5.87. The molecule has 6 heteroatoms. The third-order valence-corrected chi connectivity index (χ3v) is 2.19. The maximum absolute atomic E-state index is 10.8. The molecule has 0 aromatic heterocycles. The highest BCUT2D eigenvalue weighted by Crippen LogP contribution is 2.43. The highest BCUT2D eigenvalue weighted by atomic mass is 16.5.